The predicted molar refractivity (Wildman–Crippen MR) is 71.2 cm³/mol. The number of carboxylic acids is 2. The van der Waals surface area contributed by atoms with Gasteiger partial charge in [-0.05, 0) is 18.2 Å². The Morgan fingerprint density at radius 1 is 0.905 bits per heavy atom. The number of hydrogen-bond donors (Lipinski definition) is 2. The molecule has 1 heterocycles. The minimum absolute atomic E-state index is 0.0292. The number of carboxylic acid groups (broad SMARTS) is 2. The van der Waals surface area contributed by atoms with E-state index in [-0.39, 0.29) is 16.8 Å². The molecule has 7 heteroatoms. The standard InChI is InChI=1S/C14H13NO6/c1-6-7(2)12(17)15(11(6)16)10-4-8(13(18)19)3-9(5-10)14(20)21/h3-7H,1-2H3,(H,18,19)(H,20,21). The molecule has 1 aromatic rings. The number of carbonyl (C=O) groups excluding carboxylic acids is 2. The highest BCUT2D eigenvalue weighted by Crippen LogP contribution is 2.31. The van der Waals surface area contributed by atoms with Crippen LogP contribution in [-0.2, 0) is 9.59 Å². The molecule has 0 radical (unpaired) electrons. The van der Waals surface area contributed by atoms with Gasteiger partial charge < -0.3 is 10.2 Å². The van der Waals surface area contributed by atoms with Gasteiger partial charge >= 0.3 is 11.9 Å². The second kappa shape index (κ2) is 5.01. The van der Waals surface area contributed by atoms with Gasteiger partial charge in [0.25, 0.3) is 0 Å². The third kappa shape index (κ3) is 2.37. The fraction of sp³-hybridized carbons (Fsp3) is 0.286. The number of anilines is 1. The summed E-state index contributed by atoms with van der Waals surface area (Å²) in [6.45, 7) is 3.20. The van der Waals surface area contributed by atoms with Crippen molar-refractivity contribution < 1.29 is 29.4 Å². The van der Waals surface area contributed by atoms with Crippen molar-refractivity contribution in [3.05, 3.63) is 29.3 Å². The van der Waals surface area contributed by atoms with E-state index in [0.717, 1.165) is 23.1 Å². The average molecular weight is 291 g/mol. The summed E-state index contributed by atoms with van der Waals surface area (Å²) >= 11 is 0. The van der Waals surface area contributed by atoms with Crippen molar-refractivity contribution in [2.75, 3.05) is 4.90 Å². The van der Waals surface area contributed by atoms with Crippen molar-refractivity contribution in [1.29, 1.82) is 0 Å². The third-order valence-electron chi connectivity index (χ3n) is 3.64. The quantitative estimate of drug-likeness (QED) is 0.810. The van der Waals surface area contributed by atoms with Gasteiger partial charge in [-0.2, -0.15) is 0 Å². The molecule has 0 saturated carbocycles. The topological polar surface area (TPSA) is 112 Å². The Morgan fingerprint density at radius 3 is 1.62 bits per heavy atom. The van der Waals surface area contributed by atoms with Gasteiger partial charge in [0.1, 0.15) is 0 Å². The Hall–Kier alpha value is -2.70. The Morgan fingerprint density at radius 2 is 1.29 bits per heavy atom. The Balaban J connectivity index is 2.58. The summed E-state index contributed by atoms with van der Waals surface area (Å²) < 4.78 is 0. The van der Waals surface area contributed by atoms with Crippen LogP contribution in [-0.4, -0.2) is 34.0 Å². The summed E-state index contributed by atoms with van der Waals surface area (Å²) in [5.41, 5.74) is -0.617. The van der Waals surface area contributed by atoms with Crippen LogP contribution in [0.2, 0.25) is 0 Å². The first-order chi connectivity index (χ1) is 9.73. The second-order valence-electron chi connectivity index (χ2n) is 4.97. The number of amides is 2. The molecule has 1 aliphatic rings. The van der Waals surface area contributed by atoms with Crippen molar-refractivity contribution in [3.63, 3.8) is 0 Å². The first kappa shape index (κ1) is 14.7. The van der Waals surface area contributed by atoms with E-state index in [9.17, 15) is 19.2 Å². The molecule has 1 aromatic carbocycles. The molecule has 1 aliphatic heterocycles. The van der Waals surface area contributed by atoms with Gasteiger partial charge in [0, 0.05) is 11.8 Å². The molecule has 2 unspecified atom stereocenters. The van der Waals surface area contributed by atoms with Crippen LogP contribution in [0.25, 0.3) is 0 Å². The van der Waals surface area contributed by atoms with Gasteiger partial charge in [-0.25, -0.2) is 9.59 Å². The first-order valence-electron chi connectivity index (χ1n) is 6.23. The minimum atomic E-state index is -1.33. The molecule has 110 valence electrons. The maximum absolute atomic E-state index is 12.1. The van der Waals surface area contributed by atoms with E-state index in [2.05, 4.69) is 0 Å². The zero-order chi connectivity index (χ0) is 15.9. The van der Waals surface area contributed by atoms with E-state index in [1.165, 1.54) is 0 Å². The number of hydrogen-bond acceptors (Lipinski definition) is 4. The van der Waals surface area contributed by atoms with E-state index >= 15 is 0 Å². The fourth-order valence-corrected chi connectivity index (χ4v) is 2.19. The third-order valence-corrected chi connectivity index (χ3v) is 3.64. The van der Waals surface area contributed by atoms with Gasteiger partial charge in [0.05, 0.1) is 16.8 Å². The molecule has 1 fully saturated rings. The van der Waals surface area contributed by atoms with Crippen molar-refractivity contribution in [2.24, 2.45) is 11.8 Å². The summed E-state index contributed by atoms with van der Waals surface area (Å²) in [7, 11) is 0. The summed E-state index contributed by atoms with van der Waals surface area (Å²) in [4.78, 5) is 47.2. The molecule has 0 aliphatic carbocycles. The summed E-state index contributed by atoms with van der Waals surface area (Å²) in [6, 6.07) is 3.22. The maximum atomic E-state index is 12.1. The number of carbonyl (C=O) groups is 4. The smallest absolute Gasteiger partial charge is 0.335 e. The number of benzene rings is 1. The van der Waals surface area contributed by atoms with Crippen molar-refractivity contribution in [2.45, 2.75) is 13.8 Å². The molecular formula is C14H13NO6. The van der Waals surface area contributed by atoms with Crippen molar-refractivity contribution in [3.8, 4) is 0 Å². The normalized spacial score (nSPS) is 21.7. The second-order valence-corrected chi connectivity index (χ2v) is 4.97. The number of imide groups is 1. The van der Waals surface area contributed by atoms with E-state index in [1.807, 2.05) is 0 Å². The van der Waals surface area contributed by atoms with Crippen molar-refractivity contribution in [1.82, 2.24) is 0 Å². The summed E-state index contributed by atoms with van der Waals surface area (Å²) in [6.07, 6.45) is 0. The lowest BCUT2D eigenvalue weighted by molar-refractivity contribution is -0.122. The molecule has 0 aromatic heterocycles. The van der Waals surface area contributed by atoms with Crippen LogP contribution in [0.4, 0.5) is 5.69 Å². The first-order valence-corrected chi connectivity index (χ1v) is 6.23. The molecule has 7 nitrogen and oxygen atoms in total. The van der Waals surface area contributed by atoms with Gasteiger partial charge in [-0.15, -0.1) is 0 Å². The van der Waals surface area contributed by atoms with Gasteiger partial charge in [0.2, 0.25) is 11.8 Å². The molecule has 21 heavy (non-hydrogen) atoms. The lowest BCUT2D eigenvalue weighted by Gasteiger charge is -2.16. The minimum Gasteiger partial charge on any atom is -0.478 e. The summed E-state index contributed by atoms with van der Waals surface area (Å²) in [5, 5.41) is 18.0. The van der Waals surface area contributed by atoms with Gasteiger partial charge in [-0.3, -0.25) is 14.5 Å². The predicted octanol–water partition coefficient (Wildman–Crippen LogP) is 1.23. The van der Waals surface area contributed by atoms with E-state index in [4.69, 9.17) is 10.2 Å². The van der Waals surface area contributed by atoms with Crippen LogP contribution in [0.3, 0.4) is 0 Å². The van der Waals surface area contributed by atoms with E-state index in [1.54, 1.807) is 13.8 Å². The largest absolute Gasteiger partial charge is 0.478 e. The monoisotopic (exact) mass is 291 g/mol. The maximum Gasteiger partial charge on any atom is 0.335 e. The molecule has 2 rings (SSSR count). The van der Waals surface area contributed by atoms with E-state index < -0.39 is 35.6 Å². The van der Waals surface area contributed by atoms with Crippen molar-refractivity contribution >= 4 is 29.4 Å². The highest BCUT2D eigenvalue weighted by molar-refractivity contribution is 6.22. The zero-order valence-electron chi connectivity index (χ0n) is 11.4. The molecule has 0 spiro atoms. The Bertz CT molecular complexity index is 613. The van der Waals surface area contributed by atoms with Crippen LogP contribution in [0.15, 0.2) is 18.2 Å². The van der Waals surface area contributed by atoms with Gasteiger partial charge in [0.15, 0.2) is 0 Å². The molecule has 2 atom stereocenters. The molecule has 2 N–H and O–H groups in total. The lowest BCUT2D eigenvalue weighted by Crippen LogP contribution is -2.31. The number of rotatable bonds is 3. The van der Waals surface area contributed by atoms with Gasteiger partial charge in [-0.1, -0.05) is 13.8 Å². The highest BCUT2D eigenvalue weighted by Gasteiger charge is 2.43. The van der Waals surface area contributed by atoms with Crippen LogP contribution in [0.1, 0.15) is 34.6 Å². The summed E-state index contributed by atoms with van der Waals surface area (Å²) in [5.74, 6) is -4.66. The van der Waals surface area contributed by atoms with Crippen LogP contribution in [0.5, 0.6) is 0 Å². The molecule has 1 saturated heterocycles. The van der Waals surface area contributed by atoms with E-state index in [0.29, 0.717) is 0 Å². The van der Waals surface area contributed by atoms with Crippen LogP contribution >= 0.6 is 0 Å². The zero-order valence-corrected chi connectivity index (χ0v) is 11.4. The Kier molecular flexibility index (Phi) is 3.51. The Labute approximate surface area is 119 Å². The molecule has 0 bridgehead atoms. The number of aromatic carboxylic acids is 2. The lowest BCUT2D eigenvalue weighted by atomic mass is 10.00. The molecule has 2 amide bonds. The SMILES string of the molecule is CC1C(=O)N(c2cc(C(=O)O)cc(C(=O)O)c2)C(=O)C1C. The average Bonchev–Trinajstić information content (AvgIpc) is 2.62. The van der Waals surface area contributed by atoms with Crippen LogP contribution in [0, 0.1) is 11.8 Å². The molecular weight excluding hydrogens is 278 g/mol. The highest BCUT2D eigenvalue weighted by atomic mass is 16.4. The number of nitrogens with zero attached hydrogens (tertiary/aromatic N) is 1. The fourth-order valence-electron chi connectivity index (χ4n) is 2.19. The van der Waals surface area contributed by atoms with Crippen LogP contribution < -0.4 is 4.90 Å².